The van der Waals surface area contributed by atoms with Crippen LogP contribution in [0.3, 0.4) is 0 Å². The Morgan fingerprint density at radius 1 is 1.06 bits per heavy atom. The molecule has 1 rings (SSSR count). The fourth-order valence-electron chi connectivity index (χ4n) is 2.72. The molecule has 1 atom stereocenters. The van der Waals surface area contributed by atoms with Crippen LogP contribution in [0.4, 0.5) is 0 Å². The first kappa shape index (κ1) is 15.3. The van der Waals surface area contributed by atoms with Crippen LogP contribution in [0.15, 0.2) is 22.3 Å². The van der Waals surface area contributed by atoms with E-state index in [9.17, 15) is 0 Å². The van der Waals surface area contributed by atoms with E-state index in [-0.39, 0.29) is 0 Å². The monoisotopic (exact) mass is 464 g/mol. The number of hydrogen-bond acceptors (Lipinski definition) is 0. The summed E-state index contributed by atoms with van der Waals surface area (Å²) in [4.78, 5) is 0. The number of rotatable bonds is 4. The lowest BCUT2D eigenvalue weighted by atomic mass is 10.1. The summed E-state index contributed by atoms with van der Waals surface area (Å²) in [5.74, 6) is 0. The molecule has 3 heteroatoms. The normalized spacial score (nSPS) is 23.3. The highest BCUT2D eigenvalue weighted by molar-refractivity contribution is 14.1. The lowest BCUT2D eigenvalue weighted by Crippen LogP contribution is -2.17. The van der Waals surface area contributed by atoms with Gasteiger partial charge in [0.1, 0.15) is 0 Å². The zero-order valence-electron chi connectivity index (χ0n) is 10.9. The molecule has 0 spiro atoms. The predicted octanol–water partition coefficient (Wildman–Crippen LogP) is 4.96. The van der Waals surface area contributed by atoms with Crippen molar-refractivity contribution in [2.24, 2.45) is 0 Å². The number of halogens is 2. The van der Waals surface area contributed by atoms with Gasteiger partial charge in [0.2, 0.25) is 0 Å². The Labute approximate surface area is 129 Å². The maximum atomic E-state index is 2.53. The van der Waals surface area contributed by atoms with Crippen LogP contribution < -0.4 is 0 Å². The first-order valence-corrected chi connectivity index (χ1v) is 11.6. The van der Waals surface area contributed by atoms with Crippen LogP contribution in [0, 0.1) is 0 Å². The quantitative estimate of drug-likeness (QED) is 0.408. The van der Waals surface area contributed by atoms with Gasteiger partial charge in [-0.2, -0.15) is 0 Å². The summed E-state index contributed by atoms with van der Waals surface area (Å²) in [5.41, 5.74) is 6.73. The molecule has 0 aliphatic heterocycles. The summed E-state index contributed by atoms with van der Waals surface area (Å²) in [5, 5.41) is 0.757. The molecule has 0 aromatic carbocycles. The van der Waals surface area contributed by atoms with Gasteiger partial charge < -0.3 is 0 Å². The van der Waals surface area contributed by atoms with E-state index in [1.807, 2.05) is 0 Å². The maximum Gasteiger partial charge on any atom is 0.0313 e. The van der Waals surface area contributed by atoms with Gasteiger partial charge in [0, 0.05) is 14.1 Å². The van der Waals surface area contributed by atoms with Crippen LogP contribution in [0.25, 0.3) is 0 Å². The SMILES string of the molecule is CCC1=C(CI)C(CI)=C(C)C1S(C)(C)C. The summed E-state index contributed by atoms with van der Waals surface area (Å²) < 4.78 is 2.36. The first-order valence-electron chi connectivity index (χ1n) is 5.59. The molecule has 0 nitrogen and oxygen atoms in total. The van der Waals surface area contributed by atoms with Gasteiger partial charge in [-0.3, -0.25) is 0 Å². The van der Waals surface area contributed by atoms with E-state index in [0.29, 0.717) is 0 Å². The van der Waals surface area contributed by atoms with E-state index < -0.39 is 10.0 Å². The predicted molar refractivity (Wildman–Crippen MR) is 96.9 cm³/mol. The fourth-order valence-corrected chi connectivity index (χ4v) is 7.10. The molecular formula is C13H22I2S. The molecule has 94 valence electrons. The van der Waals surface area contributed by atoms with Crippen molar-refractivity contribution in [2.75, 3.05) is 27.6 Å². The smallest absolute Gasteiger partial charge is 0.0313 e. The Balaban J connectivity index is 3.30. The molecule has 0 saturated carbocycles. The highest BCUT2D eigenvalue weighted by Gasteiger charge is 2.34. The van der Waals surface area contributed by atoms with Crippen molar-refractivity contribution >= 4 is 55.2 Å². The summed E-state index contributed by atoms with van der Waals surface area (Å²) in [6.45, 7) is 4.69. The van der Waals surface area contributed by atoms with Gasteiger partial charge in [-0.05, 0) is 43.3 Å². The van der Waals surface area contributed by atoms with Crippen molar-refractivity contribution < 1.29 is 0 Å². The largest absolute Gasteiger partial charge is 0.240 e. The van der Waals surface area contributed by atoms with Gasteiger partial charge in [-0.25, -0.2) is 10.0 Å². The highest BCUT2D eigenvalue weighted by atomic mass is 127. The molecule has 0 amide bonds. The maximum absolute atomic E-state index is 2.53. The van der Waals surface area contributed by atoms with Gasteiger partial charge in [0.25, 0.3) is 0 Å². The van der Waals surface area contributed by atoms with Gasteiger partial charge >= 0.3 is 0 Å². The molecule has 16 heavy (non-hydrogen) atoms. The molecule has 0 aromatic rings. The van der Waals surface area contributed by atoms with Gasteiger partial charge in [-0.1, -0.05) is 63.3 Å². The molecule has 0 N–H and O–H groups in total. The molecule has 1 aliphatic carbocycles. The van der Waals surface area contributed by atoms with Gasteiger partial charge in [0.05, 0.1) is 0 Å². The van der Waals surface area contributed by atoms with Crippen LogP contribution in [-0.2, 0) is 0 Å². The first-order chi connectivity index (χ1) is 7.38. The fraction of sp³-hybridized carbons (Fsp3) is 0.692. The standard InChI is InChI=1S/C13H22I2S/c1-6-10-12(8-15)11(7-14)9(2)13(10)16(3,4)5/h13H,6-8H2,1-5H3. The van der Waals surface area contributed by atoms with E-state index in [4.69, 9.17) is 0 Å². The summed E-state index contributed by atoms with van der Waals surface area (Å²) in [7, 11) is -0.521. The third-order valence-electron chi connectivity index (χ3n) is 3.29. The van der Waals surface area contributed by atoms with Crippen molar-refractivity contribution in [2.45, 2.75) is 25.5 Å². The molecule has 0 aromatic heterocycles. The van der Waals surface area contributed by atoms with E-state index in [0.717, 1.165) is 5.25 Å². The average molecular weight is 464 g/mol. The minimum absolute atomic E-state index is 0.521. The van der Waals surface area contributed by atoms with Crippen molar-refractivity contribution in [1.82, 2.24) is 0 Å². The Kier molecular flexibility index (Phi) is 5.71. The number of allylic oxidation sites excluding steroid dienone is 2. The minimum atomic E-state index is -0.521. The Morgan fingerprint density at radius 2 is 1.56 bits per heavy atom. The second-order valence-electron chi connectivity index (χ2n) is 5.10. The second-order valence-corrected chi connectivity index (χ2v) is 11.0. The second kappa shape index (κ2) is 5.95. The summed E-state index contributed by atoms with van der Waals surface area (Å²) >= 11 is 5.05. The van der Waals surface area contributed by atoms with Crippen LogP contribution in [0.2, 0.25) is 0 Å². The van der Waals surface area contributed by atoms with E-state index in [1.54, 1.807) is 22.3 Å². The molecule has 0 fully saturated rings. The third-order valence-corrected chi connectivity index (χ3v) is 6.87. The zero-order chi connectivity index (χ0) is 12.5. The summed E-state index contributed by atoms with van der Waals surface area (Å²) in [6.07, 6.45) is 8.60. The zero-order valence-corrected chi connectivity index (χ0v) is 16.0. The Bertz CT molecular complexity index is 334. The van der Waals surface area contributed by atoms with Crippen molar-refractivity contribution in [3.63, 3.8) is 0 Å². The molecule has 1 aliphatic rings. The van der Waals surface area contributed by atoms with Crippen LogP contribution in [0.5, 0.6) is 0 Å². The van der Waals surface area contributed by atoms with Gasteiger partial charge in [0.15, 0.2) is 0 Å². The van der Waals surface area contributed by atoms with Crippen molar-refractivity contribution in [3.05, 3.63) is 22.3 Å². The molecule has 0 heterocycles. The van der Waals surface area contributed by atoms with Gasteiger partial charge in [-0.15, -0.1) is 0 Å². The van der Waals surface area contributed by atoms with E-state index >= 15 is 0 Å². The highest BCUT2D eigenvalue weighted by Crippen LogP contribution is 2.54. The topological polar surface area (TPSA) is 0 Å². The van der Waals surface area contributed by atoms with Crippen LogP contribution >= 0.6 is 55.2 Å². The molecule has 0 saturated heterocycles. The van der Waals surface area contributed by atoms with Crippen molar-refractivity contribution in [1.29, 1.82) is 0 Å². The molecule has 0 bridgehead atoms. The van der Waals surface area contributed by atoms with Crippen LogP contribution in [0.1, 0.15) is 20.3 Å². The number of alkyl halides is 2. The minimum Gasteiger partial charge on any atom is -0.240 e. The summed E-state index contributed by atoms with van der Waals surface area (Å²) in [6, 6.07) is 0. The van der Waals surface area contributed by atoms with E-state index in [2.05, 4.69) is 77.8 Å². The lowest BCUT2D eigenvalue weighted by Gasteiger charge is -2.36. The number of hydrogen-bond donors (Lipinski definition) is 0. The van der Waals surface area contributed by atoms with Crippen LogP contribution in [-0.4, -0.2) is 32.9 Å². The average Bonchev–Trinajstić information content (AvgIpc) is 2.48. The molecular weight excluding hydrogens is 442 g/mol. The Morgan fingerprint density at radius 3 is 1.88 bits per heavy atom. The molecule has 1 unspecified atom stereocenters. The van der Waals surface area contributed by atoms with Crippen molar-refractivity contribution in [3.8, 4) is 0 Å². The molecule has 0 radical (unpaired) electrons. The third kappa shape index (κ3) is 2.82. The lowest BCUT2D eigenvalue weighted by molar-refractivity contribution is 1.01. The Hall–Kier alpha value is 1.29. The van der Waals surface area contributed by atoms with E-state index in [1.165, 1.54) is 15.3 Å².